The maximum Gasteiger partial charge on any atom is 0.323 e. The van der Waals surface area contributed by atoms with Gasteiger partial charge in [0.15, 0.2) is 0 Å². The van der Waals surface area contributed by atoms with Crippen LogP contribution in [-0.2, 0) is 16.1 Å². The summed E-state index contributed by atoms with van der Waals surface area (Å²) in [6.45, 7) is 11.2. The van der Waals surface area contributed by atoms with Gasteiger partial charge in [0.05, 0.1) is 24.4 Å². The molecule has 1 aromatic carbocycles. The number of aromatic nitrogens is 3. The molecule has 3 heterocycles. The largest absolute Gasteiger partial charge is 0.458 e. The van der Waals surface area contributed by atoms with E-state index >= 15 is 0 Å². The van der Waals surface area contributed by atoms with Crippen LogP contribution in [0.3, 0.4) is 0 Å². The highest BCUT2D eigenvalue weighted by Gasteiger charge is 2.28. The third-order valence-electron chi connectivity index (χ3n) is 5.37. The van der Waals surface area contributed by atoms with Crippen LogP contribution in [0.5, 0.6) is 6.01 Å². The zero-order chi connectivity index (χ0) is 22.8. The molecule has 2 fully saturated rings. The van der Waals surface area contributed by atoms with Crippen LogP contribution in [0.4, 0.5) is 11.9 Å². The number of rotatable bonds is 5. The quantitative estimate of drug-likeness (QED) is 0.634. The zero-order valence-electron chi connectivity index (χ0n) is 18.8. The van der Waals surface area contributed by atoms with E-state index in [1.54, 1.807) is 12.1 Å². The first kappa shape index (κ1) is 23.3. The minimum Gasteiger partial charge on any atom is -0.458 e. The van der Waals surface area contributed by atoms with E-state index in [-0.39, 0.29) is 37.0 Å². The predicted octanol–water partition coefficient (Wildman–Crippen LogP) is 3.98. The third-order valence-corrected chi connectivity index (χ3v) is 5.96. The van der Waals surface area contributed by atoms with Gasteiger partial charge in [0.2, 0.25) is 11.9 Å². The standard InChI is InChI=1S/C22H29Cl2N5O3/c1-13-8-28(9-14(2)31-13)20-25-21(29-10-15(3)32-16(4)11-29)27-22(26-20)30-12-17-5-6-18(23)7-19(17)24/h5-7,13-16H,8-12H2,1-4H3. The maximum atomic E-state index is 6.30. The Morgan fingerprint density at radius 2 is 1.34 bits per heavy atom. The van der Waals surface area contributed by atoms with E-state index in [2.05, 4.69) is 47.5 Å². The van der Waals surface area contributed by atoms with Gasteiger partial charge in [0.25, 0.3) is 0 Å². The summed E-state index contributed by atoms with van der Waals surface area (Å²) in [4.78, 5) is 18.3. The van der Waals surface area contributed by atoms with Crippen molar-refractivity contribution in [2.45, 2.75) is 58.7 Å². The number of benzene rings is 1. The minimum absolute atomic E-state index is 0.0830. The van der Waals surface area contributed by atoms with E-state index < -0.39 is 0 Å². The van der Waals surface area contributed by atoms with E-state index in [1.807, 2.05) is 6.07 Å². The number of halogens is 2. The molecule has 10 heteroatoms. The molecule has 8 nitrogen and oxygen atoms in total. The minimum atomic E-state index is 0.0830. The van der Waals surface area contributed by atoms with E-state index in [1.165, 1.54) is 0 Å². The van der Waals surface area contributed by atoms with E-state index in [4.69, 9.17) is 42.4 Å². The Balaban J connectivity index is 1.62. The van der Waals surface area contributed by atoms with Crippen molar-refractivity contribution in [3.05, 3.63) is 33.8 Å². The van der Waals surface area contributed by atoms with Crippen LogP contribution in [-0.4, -0.2) is 65.5 Å². The molecule has 2 aliphatic heterocycles. The van der Waals surface area contributed by atoms with Crippen molar-refractivity contribution in [3.63, 3.8) is 0 Å². The highest BCUT2D eigenvalue weighted by atomic mass is 35.5. The molecule has 1 aromatic heterocycles. The van der Waals surface area contributed by atoms with Crippen molar-refractivity contribution in [2.75, 3.05) is 36.0 Å². The molecule has 0 amide bonds. The lowest BCUT2D eigenvalue weighted by Gasteiger charge is -2.37. The van der Waals surface area contributed by atoms with Crippen LogP contribution in [0, 0.1) is 0 Å². The number of hydrogen-bond acceptors (Lipinski definition) is 8. The molecular formula is C22H29Cl2N5O3. The normalized spacial score (nSPS) is 26.3. The highest BCUT2D eigenvalue weighted by molar-refractivity contribution is 6.35. The second-order valence-corrected chi connectivity index (χ2v) is 9.41. The lowest BCUT2D eigenvalue weighted by Crippen LogP contribution is -2.48. The van der Waals surface area contributed by atoms with E-state index in [9.17, 15) is 0 Å². The average Bonchev–Trinajstić information content (AvgIpc) is 2.71. The second-order valence-electron chi connectivity index (χ2n) is 8.57. The van der Waals surface area contributed by atoms with Gasteiger partial charge in [-0.1, -0.05) is 29.3 Å². The summed E-state index contributed by atoms with van der Waals surface area (Å²) in [6, 6.07) is 5.57. The Kier molecular flexibility index (Phi) is 7.24. The van der Waals surface area contributed by atoms with Gasteiger partial charge in [-0.15, -0.1) is 0 Å². The molecule has 4 rings (SSSR count). The average molecular weight is 482 g/mol. The molecular weight excluding hydrogens is 453 g/mol. The van der Waals surface area contributed by atoms with Gasteiger partial charge in [-0.3, -0.25) is 0 Å². The van der Waals surface area contributed by atoms with E-state index in [0.29, 0.717) is 48.1 Å². The summed E-state index contributed by atoms with van der Waals surface area (Å²) in [5.74, 6) is 1.17. The van der Waals surface area contributed by atoms with Crippen molar-refractivity contribution >= 4 is 35.1 Å². The fourth-order valence-electron chi connectivity index (χ4n) is 4.15. The van der Waals surface area contributed by atoms with Gasteiger partial charge in [0, 0.05) is 41.8 Å². The molecule has 4 atom stereocenters. The van der Waals surface area contributed by atoms with Gasteiger partial charge in [-0.05, 0) is 39.8 Å². The van der Waals surface area contributed by atoms with Gasteiger partial charge in [-0.2, -0.15) is 15.0 Å². The fourth-order valence-corrected chi connectivity index (χ4v) is 4.61. The Hall–Kier alpha value is -1.87. The van der Waals surface area contributed by atoms with Crippen LogP contribution in [0.25, 0.3) is 0 Å². The third kappa shape index (κ3) is 5.73. The van der Waals surface area contributed by atoms with Gasteiger partial charge in [-0.25, -0.2) is 0 Å². The zero-order valence-corrected chi connectivity index (χ0v) is 20.3. The summed E-state index contributed by atoms with van der Waals surface area (Å²) in [6.07, 6.45) is 0.332. The van der Waals surface area contributed by atoms with Crippen LogP contribution in [0.1, 0.15) is 33.3 Å². The van der Waals surface area contributed by atoms with Crippen molar-refractivity contribution in [3.8, 4) is 6.01 Å². The summed E-state index contributed by atoms with van der Waals surface area (Å²) in [7, 11) is 0. The monoisotopic (exact) mass is 481 g/mol. The maximum absolute atomic E-state index is 6.30. The molecule has 2 aliphatic rings. The second kappa shape index (κ2) is 9.95. The van der Waals surface area contributed by atoms with Crippen LogP contribution in [0.15, 0.2) is 18.2 Å². The van der Waals surface area contributed by atoms with Crippen molar-refractivity contribution in [1.29, 1.82) is 0 Å². The first-order valence-electron chi connectivity index (χ1n) is 10.9. The van der Waals surface area contributed by atoms with Crippen molar-refractivity contribution in [2.24, 2.45) is 0 Å². The predicted molar refractivity (Wildman–Crippen MR) is 125 cm³/mol. The number of hydrogen-bond donors (Lipinski definition) is 0. The first-order valence-corrected chi connectivity index (χ1v) is 11.7. The van der Waals surface area contributed by atoms with Crippen LogP contribution >= 0.6 is 23.2 Å². The SMILES string of the molecule is CC1CN(c2nc(OCc3ccc(Cl)cc3Cl)nc(N3CC(C)OC(C)C3)n2)CC(C)O1. The molecule has 0 aliphatic carbocycles. The van der Waals surface area contributed by atoms with Crippen LogP contribution < -0.4 is 14.5 Å². The number of nitrogens with zero attached hydrogens (tertiary/aromatic N) is 5. The molecule has 0 bridgehead atoms. The lowest BCUT2D eigenvalue weighted by molar-refractivity contribution is -0.00628. The smallest absolute Gasteiger partial charge is 0.323 e. The van der Waals surface area contributed by atoms with Gasteiger partial charge >= 0.3 is 6.01 Å². The molecule has 0 radical (unpaired) electrons. The summed E-state index contributed by atoms with van der Waals surface area (Å²) >= 11 is 12.3. The Morgan fingerprint density at radius 3 is 1.81 bits per heavy atom. The molecule has 2 saturated heterocycles. The molecule has 4 unspecified atom stereocenters. The van der Waals surface area contributed by atoms with Gasteiger partial charge < -0.3 is 24.0 Å². The number of morpholine rings is 2. The Bertz CT molecular complexity index is 886. The first-order chi connectivity index (χ1) is 15.3. The summed E-state index contributed by atoms with van der Waals surface area (Å²) in [5, 5.41) is 1.12. The molecule has 0 spiro atoms. The number of anilines is 2. The summed E-state index contributed by atoms with van der Waals surface area (Å²) in [5.41, 5.74) is 0.807. The topological polar surface area (TPSA) is 72.8 Å². The highest BCUT2D eigenvalue weighted by Crippen LogP contribution is 2.26. The Labute approximate surface area is 198 Å². The molecule has 2 aromatic rings. The Morgan fingerprint density at radius 1 is 0.844 bits per heavy atom. The molecule has 174 valence electrons. The van der Waals surface area contributed by atoms with E-state index in [0.717, 1.165) is 5.56 Å². The van der Waals surface area contributed by atoms with Crippen molar-refractivity contribution < 1.29 is 14.2 Å². The molecule has 32 heavy (non-hydrogen) atoms. The summed E-state index contributed by atoms with van der Waals surface area (Å²) < 4.78 is 17.7. The van der Waals surface area contributed by atoms with Crippen LogP contribution in [0.2, 0.25) is 10.0 Å². The lowest BCUT2D eigenvalue weighted by atomic mass is 10.2. The molecule has 0 saturated carbocycles. The fraction of sp³-hybridized carbons (Fsp3) is 0.591. The van der Waals surface area contributed by atoms with Crippen molar-refractivity contribution in [1.82, 2.24) is 15.0 Å². The number of ether oxygens (including phenoxy) is 3. The molecule has 0 N–H and O–H groups in total. The van der Waals surface area contributed by atoms with Gasteiger partial charge in [0.1, 0.15) is 6.61 Å².